The van der Waals surface area contributed by atoms with Crippen LogP contribution >= 0.6 is 15.9 Å². The van der Waals surface area contributed by atoms with Crippen molar-refractivity contribution in [2.45, 2.75) is 25.3 Å². The van der Waals surface area contributed by atoms with E-state index in [2.05, 4.69) is 26.9 Å². The molecule has 1 heterocycles. The van der Waals surface area contributed by atoms with Crippen LogP contribution in [-0.4, -0.2) is 9.78 Å². The van der Waals surface area contributed by atoms with Crippen LogP contribution in [0.2, 0.25) is 0 Å². The molecule has 0 amide bonds. The molecule has 1 aromatic rings. The number of rotatable bonds is 2. The molecule has 1 aromatic heterocycles. The lowest BCUT2D eigenvalue weighted by Crippen LogP contribution is -2.02. The van der Waals surface area contributed by atoms with Gasteiger partial charge in [-0.05, 0) is 28.8 Å². The van der Waals surface area contributed by atoms with Gasteiger partial charge in [-0.1, -0.05) is 5.92 Å². The number of halogens is 1. The van der Waals surface area contributed by atoms with Crippen LogP contribution in [0.25, 0.3) is 0 Å². The lowest BCUT2D eigenvalue weighted by Gasteiger charge is -2.01. The second-order valence-corrected chi connectivity index (χ2v) is 3.87. The number of aromatic nitrogens is 2. The Kier molecular flexibility index (Phi) is 1.93. The maximum atomic E-state index is 5.23. The summed E-state index contributed by atoms with van der Waals surface area (Å²) < 4.78 is 3.00. The van der Waals surface area contributed by atoms with Gasteiger partial charge in [0.15, 0.2) is 0 Å². The zero-order chi connectivity index (χ0) is 8.55. The topological polar surface area (TPSA) is 17.8 Å². The largest absolute Gasteiger partial charge is 0.256 e. The smallest absolute Gasteiger partial charge is 0.102 e. The summed E-state index contributed by atoms with van der Waals surface area (Å²) in [7, 11) is 0. The fourth-order valence-corrected chi connectivity index (χ4v) is 1.97. The van der Waals surface area contributed by atoms with Gasteiger partial charge in [0.25, 0.3) is 0 Å². The molecule has 1 saturated carbocycles. The molecule has 1 fully saturated rings. The normalized spacial score (nSPS) is 16.0. The van der Waals surface area contributed by atoms with Crippen molar-refractivity contribution in [3.63, 3.8) is 0 Å². The van der Waals surface area contributed by atoms with Gasteiger partial charge in [-0.15, -0.1) is 6.42 Å². The highest BCUT2D eigenvalue weighted by Crippen LogP contribution is 2.43. The summed E-state index contributed by atoms with van der Waals surface area (Å²) in [6, 6.07) is 0. The molecule has 0 aliphatic heterocycles. The minimum absolute atomic E-state index is 0.581. The van der Waals surface area contributed by atoms with Crippen LogP contribution in [0.15, 0.2) is 10.7 Å². The molecule has 0 saturated heterocycles. The highest BCUT2D eigenvalue weighted by Gasteiger charge is 2.29. The summed E-state index contributed by atoms with van der Waals surface area (Å²) in [5, 5.41) is 4.19. The Labute approximate surface area is 80.1 Å². The average molecular weight is 225 g/mol. The first kappa shape index (κ1) is 7.88. The first-order chi connectivity index (χ1) is 5.83. The standard InChI is InChI=1S/C9H9BrN2/c1-2-5-12-9(7-3-4-7)8(10)6-11-12/h1,6-7H,3-5H2. The van der Waals surface area contributed by atoms with Gasteiger partial charge in [0.05, 0.1) is 16.4 Å². The van der Waals surface area contributed by atoms with Crippen molar-refractivity contribution in [3.8, 4) is 12.3 Å². The van der Waals surface area contributed by atoms with Crippen LogP contribution in [-0.2, 0) is 6.54 Å². The molecule has 62 valence electrons. The van der Waals surface area contributed by atoms with E-state index in [1.165, 1.54) is 18.5 Å². The summed E-state index contributed by atoms with van der Waals surface area (Å²) in [6.07, 6.45) is 9.60. The van der Waals surface area contributed by atoms with Gasteiger partial charge in [0.1, 0.15) is 6.54 Å². The molecule has 0 bridgehead atoms. The minimum Gasteiger partial charge on any atom is -0.256 e. The quantitative estimate of drug-likeness (QED) is 0.705. The van der Waals surface area contributed by atoms with Crippen LogP contribution in [0, 0.1) is 12.3 Å². The average Bonchev–Trinajstić information content (AvgIpc) is 2.80. The number of nitrogens with zero attached hydrogens (tertiary/aromatic N) is 2. The molecular weight excluding hydrogens is 216 g/mol. The van der Waals surface area contributed by atoms with E-state index in [1.54, 1.807) is 0 Å². The van der Waals surface area contributed by atoms with Crippen LogP contribution in [0.4, 0.5) is 0 Å². The summed E-state index contributed by atoms with van der Waals surface area (Å²) in [4.78, 5) is 0. The van der Waals surface area contributed by atoms with Gasteiger partial charge in [-0.25, -0.2) is 0 Å². The number of hydrogen-bond donors (Lipinski definition) is 0. The van der Waals surface area contributed by atoms with E-state index in [4.69, 9.17) is 6.42 Å². The lowest BCUT2D eigenvalue weighted by molar-refractivity contribution is 0.669. The van der Waals surface area contributed by atoms with Crippen molar-refractivity contribution < 1.29 is 0 Å². The van der Waals surface area contributed by atoms with E-state index in [0.29, 0.717) is 12.5 Å². The van der Waals surface area contributed by atoms with Gasteiger partial charge in [-0.2, -0.15) is 5.10 Å². The SMILES string of the molecule is C#CCn1ncc(Br)c1C1CC1. The summed E-state index contributed by atoms with van der Waals surface area (Å²) in [5.41, 5.74) is 1.27. The van der Waals surface area contributed by atoms with Crippen molar-refractivity contribution in [2.75, 3.05) is 0 Å². The molecule has 0 N–H and O–H groups in total. The number of hydrogen-bond acceptors (Lipinski definition) is 1. The van der Waals surface area contributed by atoms with Gasteiger partial charge >= 0.3 is 0 Å². The Morgan fingerprint density at radius 1 is 1.75 bits per heavy atom. The summed E-state index contributed by atoms with van der Waals surface area (Å²) in [6.45, 7) is 0.581. The maximum absolute atomic E-state index is 5.23. The molecule has 0 spiro atoms. The minimum atomic E-state index is 0.581. The van der Waals surface area contributed by atoms with Crippen molar-refractivity contribution in [1.29, 1.82) is 0 Å². The van der Waals surface area contributed by atoms with Crippen molar-refractivity contribution in [1.82, 2.24) is 9.78 Å². The zero-order valence-electron chi connectivity index (χ0n) is 6.63. The zero-order valence-corrected chi connectivity index (χ0v) is 8.21. The first-order valence-corrected chi connectivity index (χ1v) is 4.77. The first-order valence-electron chi connectivity index (χ1n) is 3.97. The Hall–Kier alpha value is -0.750. The Balaban J connectivity index is 2.34. The molecule has 1 aliphatic rings. The highest BCUT2D eigenvalue weighted by molar-refractivity contribution is 9.10. The van der Waals surface area contributed by atoms with Crippen molar-refractivity contribution >= 4 is 15.9 Å². The van der Waals surface area contributed by atoms with E-state index in [9.17, 15) is 0 Å². The second-order valence-electron chi connectivity index (χ2n) is 3.01. The Bertz CT molecular complexity index is 331. The Morgan fingerprint density at radius 2 is 2.50 bits per heavy atom. The predicted molar refractivity (Wildman–Crippen MR) is 50.7 cm³/mol. The fraction of sp³-hybridized carbons (Fsp3) is 0.444. The molecular formula is C9H9BrN2. The fourth-order valence-electron chi connectivity index (χ4n) is 1.35. The maximum Gasteiger partial charge on any atom is 0.102 e. The third-order valence-electron chi connectivity index (χ3n) is 2.04. The lowest BCUT2D eigenvalue weighted by atomic mass is 10.3. The van der Waals surface area contributed by atoms with Gasteiger partial charge < -0.3 is 0 Å². The molecule has 0 atom stereocenters. The second kappa shape index (κ2) is 2.95. The van der Waals surface area contributed by atoms with Crippen molar-refractivity contribution in [2.24, 2.45) is 0 Å². The van der Waals surface area contributed by atoms with Gasteiger partial charge in [0, 0.05) is 5.92 Å². The molecule has 2 nitrogen and oxygen atoms in total. The van der Waals surface area contributed by atoms with E-state index in [0.717, 1.165) is 4.47 Å². The van der Waals surface area contributed by atoms with Gasteiger partial charge in [-0.3, -0.25) is 4.68 Å². The van der Waals surface area contributed by atoms with Crippen LogP contribution < -0.4 is 0 Å². The van der Waals surface area contributed by atoms with Crippen LogP contribution in [0.3, 0.4) is 0 Å². The molecule has 0 aromatic carbocycles. The molecule has 2 rings (SSSR count). The summed E-state index contributed by atoms with van der Waals surface area (Å²) >= 11 is 3.48. The van der Waals surface area contributed by atoms with E-state index in [1.807, 2.05) is 10.9 Å². The van der Waals surface area contributed by atoms with Crippen LogP contribution in [0.1, 0.15) is 24.5 Å². The third-order valence-corrected chi connectivity index (χ3v) is 2.65. The van der Waals surface area contributed by atoms with E-state index in [-0.39, 0.29) is 0 Å². The van der Waals surface area contributed by atoms with E-state index < -0.39 is 0 Å². The predicted octanol–water partition coefficient (Wildman–Crippen LogP) is 2.16. The monoisotopic (exact) mass is 224 g/mol. The molecule has 1 aliphatic carbocycles. The third kappa shape index (κ3) is 1.27. The Morgan fingerprint density at radius 3 is 3.08 bits per heavy atom. The number of terminal acetylenes is 1. The molecule has 0 unspecified atom stereocenters. The van der Waals surface area contributed by atoms with E-state index >= 15 is 0 Å². The van der Waals surface area contributed by atoms with Crippen LogP contribution in [0.5, 0.6) is 0 Å². The summed E-state index contributed by atoms with van der Waals surface area (Å²) in [5.74, 6) is 3.29. The van der Waals surface area contributed by atoms with Crippen molar-refractivity contribution in [3.05, 3.63) is 16.4 Å². The van der Waals surface area contributed by atoms with Gasteiger partial charge in [0.2, 0.25) is 0 Å². The highest BCUT2D eigenvalue weighted by atomic mass is 79.9. The molecule has 12 heavy (non-hydrogen) atoms. The molecule has 3 heteroatoms. The molecule has 0 radical (unpaired) electrons.